The number of rotatable bonds is 2. The molecule has 1 aliphatic heterocycles. The topological polar surface area (TPSA) is 20.3 Å². The van der Waals surface area contributed by atoms with Crippen molar-refractivity contribution in [1.82, 2.24) is 4.90 Å². The number of carbonyl (C=O) groups excluding carboxylic acids is 1. The summed E-state index contributed by atoms with van der Waals surface area (Å²) in [6, 6.07) is 0.512. The molecule has 0 aromatic carbocycles. The Morgan fingerprint density at radius 3 is 2.29 bits per heavy atom. The standard InChI is InChI=1S/C15H27NO/c1-12(2)14-10-6-7-11-16(14)15(17)13-8-4-3-5-9-13/h12-14H,3-11H2,1-2H3. The first kappa shape index (κ1) is 12.9. The summed E-state index contributed by atoms with van der Waals surface area (Å²) in [6.07, 6.45) is 9.86. The Hall–Kier alpha value is -0.530. The van der Waals surface area contributed by atoms with Crippen LogP contribution >= 0.6 is 0 Å². The fraction of sp³-hybridized carbons (Fsp3) is 0.933. The zero-order valence-electron chi connectivity index (χ0n) is 11.5. The van der Waals surface area contributed by atoms with E-state index in [-0.39, 0.29) is 0 Å². The highest BCUT2D eigenvalue weighted by Crippen LogP contribution is 2.30. The Bertz CT molecular complexity index is 256. The summed E-state index contributed by atoms with van der Waals surface area (Å²) in [5.74, 6) is 1.44. The van der Waals surface area contributed by atoms with E-state index in [9.17, 15) is 4.79 Å². The van der Waals surface area contributed by atoms with Crippen LogP contribution in [0.15, 0.2) is 0 Å². The molecule has 2 aliphatic rings. The Kier molecular flexibility index (Phi) is 4.47. The monoisotopic (exact) mass is 237 g/mol. The smallest absolute Gasteiger partial charge is 0.225 e. The summed E-state index contributed by atoms with van der Waals surface area (Å²) in [5, 5.41) is 0. The van der Waals surface area contributed by atoms with Crippen molar-refractivity contribution in [2.45, 2.75) is 71.3 Å². The molecular weight excluding hydrogens is 210 g/mol. The minimum Gasteiger partial charge on any atom is -0.339 e. The maximum atomic E-state index is 12.6. The number of carbonyl (C=O) groups is 1. The molecule has 1 unspecified atom stereocenters. The van der Waals surface area contributed by atoms with Crippen LogP contribution in [0.2, 0.25) is 0 Å². The largest absolute Gasteiger partial charge is 0.339 e. The van der Waals surface area contributed by atoms with Gasteiger partial charge in [-0.2, -0.15) is 0 Å². The molecule has 0 bridgehead atoms. The van der Waals surface area contributed by atoms with Crippen molar-refractivity contribution in [1.29, 1.82) is 0 Å². The number of amides is 1. The van der Waals surface area contributed by atoms with Crippen molar-refractivity contribution < 1.29 is 4.79 Å². The average molecular weight is 237 g/mol. The summed E-state index contributed by atoms with van der Waals surface area (Å²) in [5.41, 5.74) is 0. The van der Waals surface area contributed by atoms with E-state index in [1.807, 2.05) is 0 Å². The zero-order chi connectivity index (χ0) is 12.3. The fourth-order valence-electron chi connectivity index (χ4n) is 3.51. The van der Waals surface area contributed by atoms with Crippen LogP contribution in [0, 0.1) is 11.8 Å². The molecule has 1 amide bonds. The van der Waals surface area contributed by atoms with E-state index >= 15 is 0 Å². The van der Waals surface area contributed by atoms with Gasteiger partial charge in [0.15, 0.2) is 0 Å². The lowest BCUT2D eigenvalue weighted by Gasteiger charge is -2.40. The van der Waals surface area contributed by atoms with Crippen LogP contribution in [0.5, 0.6) is 0 Å². The average Bonchev–Trinajstić information content (AvgIpc) is 2.39. The third kappa shape index (κ3) is 3.02. The molecular formula is C15H27NO. The van der Waals surface area contributed by atoms with Crippen molar-refractivity contribution in [3.63, 3.8) is 0 Å². The minimum absolute atomic E-state index is 0.350. The second-order valence-corrected chi connectivity index (χ2v) is 6.17. The Balaban J connectivity index is 1.99. The van der Waals surface area contributed by atoms with Crippen LogP contribution in [0.1, 0.15) is 65.2 Å². The first-order valence-electron chi connectivity index (χ1n) is 7.50. The molecule has 2 rings (SSSR count). The Morgan fingerprint density at radius 1 is 1.00 bits per heavy atom. The van der Waals surface area contributed by atoms with E-state index in [0.717, 1.165) is 19.4 Å². The molecule has 2 nitrogen and oxygen atoms in total. The summed E-state index contributed by atoms with van der Waals surface area (Å²) in [7, 11) is 0. The zero-order valence-corrected chi connectivity index (χ0v) is 11.5. The minimum atomic E-state index is 0.350. The molecule has 0 N–H and O–H groups in total. The molecule has 0 spiro atoms. The first-order valence-corrected chi connectivity index (χ1v) is 7.50. The van der Waals surface area contributed by atoms with Crippen molar-refractivity contribution in [3.8, 4) is 0 Å². The number of hydrogen-bond donors (Lipinski definition) is 0. The first-order chi connectivity index (χ1) is 8.20. The van der Waals surface area contributed by atoms with E-state index in [0.29, 0.717) is 23.8 Å². The maximum absolute atomic E-state index is 12.6. The second-order valence-electron chi connectivity index (χ2n) is 6.17. The highest BCUT2D eigenvalue weighted by Gasteiger charge is 2.33. The normalized spacial score (nSPS) is 27.5. The third-order valence-corrected chi connectivity index (χ3v) is 4.56. The van der Waals surface area contributed by atoms with Crippen molar-refractivity contribution in [3.05, 3.63) is 0 Å². The van der Waals surface area contributed by atoms with Crippen molar-refractivity contribution in [2.75, 3.05) is 6.54 Å². The van der Waals surface area contributed by atoms with Gasteiger partial charge in [0.25, 0.3) is 0 Å². The number of hydrogen-bond acceptors (Lipinski definition) is 1. The molecule has 1 aliphatic carbocycles. The molecule has 98 valence electrons. The molecule has 2 fully saturated rings. The maximum Gasteiger partial charge on any atom is 0.225 e. The van der Waals surface area contributed by atoms with E-state index in [1.54, 1.807) is 0 Å². The molecule has 0 radical (unpaired) electrons. The van der Waals surface area contributed by atoms with Crippen LogP contribution in [-0.4, -0.2) is 23.4 Å². The predicted octanol–water partition coefficient (Wildman–Crippen LogP) is 3.60. The Labute approximate surface area is 106 Å². The molecule has 1 heterocycles. The highest BCUT2D eigenvalue weighted by atomic mass is 16.2. The SMILES string of the molecule is CC(C)C1CCCCN1C(=O)C1CCCCC1. The highest BCUT2D eigenvalue weighted by molar-refractivity contribution is 5.79. The number of piperidine rings is 1. The van der Waals surface area contributed by atoms with Gasteiger partial charge in [-0.05, 0) is 38.0 Å². The van der Waals surface area contributed by atoms with Gasteiger partial charge in [0.05, 0.1) is 0 Å². The predicted molar refractivity (Wildman–Crippen MR) is 70.8 cm³/mol. The van der Waals surface area contributed by atoms with Crippen LogP contribution in [0.3, 0.4) is 0 Å². The van der Waals surface area contributed by atoms with Crippen LogP contribution in [0.25, 0.3) is 0 Å². The molecule has 0 aromatic rings. The second kappa shape index (κ2) is 5.88. The summed E-state index contributed by atoms with van der Waals surface area (Å²) in [4.78, 5) is 14.8. The van der Waals surface area contributed by atoms with Crippen molar-refractivity contribution in [2.24, 2.45) is 11.8 Å². The lowest BCUT2D eigenvalue weighted by molar-refractivity contribution is -0.141. The van der Waals surface area contributed by atoms with E-state index in [4.69, 9.17) is 0 Å². The van der Waals surface area contributed by atoms with Gasteiger partial charge >= 0.3 is 0 Å². The third-order valence-electron chi connectivity index (χ3n) is 4.56. The van der Waals surface area contributed by atoms with Crippen LogP contribution < -0.4 is 0 Å². The number of likely N-dealkylation sites (tertiary alicyclic amines) is 1. The van der Waals surface area contributed by atoms with Gasteiger partial charge in [-0.25, -0.2) is 0 Å². The molecule has 1 saturated carbocycles. The lowest BCUT2D eigenvalue weighted by Crippen LogP contribution is -2.49. The molecule has 0 aromatic heterocycles. The number of nitrogens with zero attached hydrogens (tertiary/aromatic N) is 1. The van der Waals surface area contributed by atoms with Gasteiger partial charge in [-0.15, -0.1) is 0 Å². The lowest BCUT2D eigenvalue weighted by atomic mass is 9.85. The van der Waals surface area contributed by atoms with Gasteiger partial charge in [0.2, 0.25) is 5.91 Å². The van der Waals surface area contributed by atoms with Crippen LogP contribution in [-0.2, 0) is 4.79 Å². The molecule has 2 heteroatoms. The van der Waals surface area contributed by atoms with E-state index < -0.39 is 0 Å². The molecule has 1 saturated heterocycles. The van der Waals surface area contributed by atoms with Gasteiger partial charge in [0, 0.05) is 18.5 Å². The fourth-order valence-corrected chi connectivity index (χ4v) is 3.51. The van der Waals surface area contributed by atoms with E-state index in [2.05, 4.69) is 18.7 Å². The van der Waals surface area contributed by atoms with Gasteiger partial charge in [-0.3, -0.25) is 4.79 Å². The summed E-state index contributed by atoms with van der Waals surface area (Å²) < 4.78 is 0. The molecule has 1 atom stereocenters. The summed E-state index contributed by atoms with van der Waals surface area (Å²) in [6.45, 7) is 5.53. The van der Waals surface area contributed by atoms with Crippen LogP contribution in [0.4, 0.5) is 0 Å². The molecule has 17 heavy (non-hydrogen) atoms. The quantitative estimate of drug-likeness (QED) is 0.718. The Morgan fingerprint density at radius 2 is 1.65 bits per heavy atom. The van der Waals surface area contributed by atoms with Gasteiger partial charge in [0.1, 0.15) is 0 Å². The van der Waals surface area contributed by atoms with Gasteiger partial charge < -0.3 is 4.90 Å². The van der Waals surface area contributed by atoms with Gasteiger partial charge in [-0.1, -0.05) is 33.1 Å². The van der Waals surface area contributed by atoms with E-state index in [1.165, 1.54) is 38.5 Å². The summed E-state index contributed by atoms with van der Waals surface area (Å²) >= 11 is 0. The van der Waals surface area contributed by atoms with Crippen molar-refractivity contribution >= 4 is 5.91 Å².